The third-order valence-electron chi connectivity index (χ3n) is 4.47. The topological polar surface area (TPSA) is 38.8 Å². The maximum atomic E-state index is 12.3. The number of likely N-dealkylation sites (tertiary alicyclic amines) is 1. The lowest BCUT2D eigenvalue weighted by atomic mass is 10.1. The Balaban J connectivity index is 1.33. The van der Waals surface area contributed by atoms with Crippen molar-refractivity contribution in [3.63, 3.8) is 0 Å². The van der Waals surface area contributed by atoms with E-state index in [1.54, 1.807) is 0 Å². The van der Waals surface area contributed by atoms with E-state index in [0.717, 1.165) is 58.4 Å². The van der Waals surface area contributed by atoms with Crippen LogP contribution >= 0.6 is 0 Å². The van der Waals surface area contributed by atoms with E-state index in [9.17, 15) is 4.79 Å². The van der Waals surface area contributed by atoms with Crippen molar-refractivity contribution < 1.29 is 14.3 Å². The first-order chi connectivity index (χ1) is 10.8. The third-order valence-corrected chi connectivity index (χ3v) is 4.47. The Morgan fingerprint density at radius 1 is 1.27 bits per heavy atom. The average molecular weight is 303 g/mol. The van der Waals surface area contributed by atoms with Gasteiger partial charge in [0.25, 0.3) is 5.91 Å². The van der Waals surface area contributed by atoms with E-state index in [1.807, 2.05) is 11.0 Å². The Kier molecular flexibility index (Phi) is 5.46. The number of aryl methyl sites for hydroxylation is 1. The van der Waals surface area contributed by atoms with Crippen LogP contribution in [0.4, 0.5) is 0 Å². The van der Waals surface area contributed by atoms with Gasteiger partial charge in [0, 0.05) is 26.3 Å². The molecular weight excluding hydrogens is 278 g/mol. The Hall–Kier alpha value is -1.39. The highest BCUT2D eigenvalue weighted by Gasteiger charge is 2.33. The second-order valence-corrected chi connectivity index (χ2v) is 6.16. The lowest BCUT2D eigenvalue weighted by molar-refractivity contribution is -0.140. The first-order valence-corrected chi connectivity index (χ1v) is 8.39. The number of nitrogens with zero attached hydrogens (tertiary/aromatic N) is 1. The third kappa shape index (κ3) is 4.08. The fourth-order valence-electron chi connectivity index (χ4n) is 3.21. The van der Waals surface area contributed by atoms with Gasteiger partial charge in [-0.25, -0.2) is 0 Å². The average Bonchev–Trinajstić information content (AvgIpc) is 3.24. The number of rotatable bonds is 6. The zero-order valence-electron chi connectivity index (χ0n) is 13.1. The van der Waals surface area contributed by atoms with E-state index in [1.165, 1.54) is 5.56 Å². The first-order valence-electron chi connectivity index (χ1n) is 8.39. The summed E-state index contributed by atoms with van der Waals surface area (Å²) in [4.78, 5) is 14.2. The highest BCUT2D eigenvalue weighted by atomic mass is 16.5. The summed E-state index contributed by atoms with van der Waals surface area (Å²) in [5.74, 6) is 0.160. The summed E-state index contributed by atoms with van der Waals surface area (Å²) in [6.07, 6.45) is 4.90. The van der Waals surface area contributed by atoms with Crippen LogP contribution in [-0.4, -0.2) is 49.3 Å². The molecular formula is C18H25NO3. The fourth-order valence-corrected chi connectivity index (χ4v) is 3.21. The van der Waals surface area contributed by atoms with Crippen LogP contribution in [0, 0.1) is 0 Å². The molecule has 120 valence electrons. The minimum Gasteiger partial charge on any atom is -0.376 e. The summed E-state index contributed by atoms with van der Waals surface area (Å²) in [6.45, 7) is 3.03. The van der Waals surface area contributed by atoms with Crippen molar-refractivity contribution in [2.45, 2.75) is 44.3 Å². The van der Waals surface area contributed by atoms with Crippen LogP contribution in [0.5, 0.6) is 0 Å². The molecule has 3 rings (SSSR count). The van der Waals surface area contributed by atoms with Gasteiger partial charge in [0.2, 0.25) is 0 Å². The molecule has 0 unspecified atom stereocenters. The highest BCUT2D eigenvalue weighted by molar-refractivity contribution is 5.81. The summed E-state index contributed by atoms with van der Waals surface area (Å²) in [7, 11) is 0. The second kappa shape index (κ2) is 7.75. The first kappa shape index (κ1) is 15.5. The quantitative estimate of drug-likeness (QED) is 0.758. The molecule has 1 aromatic rings. The SMILES string of the molecule is O=C([C@H]1CCCO1)N1CC[C@@H](OCCCc2ccccc2)C1. The summed E-state index contributed by atoms with van der Waals surface area (Å²) in [5.41, 5.74) is 1.35. The largest absolute Gasteiger partial charge is 0.376 e. The van der Waals surface area contributed by atoms with E-state index in [4.69, 9.17) is 9.47 Å². The van der Waals surface area contributed by atoms with E-state index < -0.39 is 0 Å². The van der Waals surface area contributed by atoms with Crippen LogP contribution in [0.1, 0.15) is 31.2 Å². The van der Waals surface area contributed by atoms with E-state index in [0.29, 0.717) is 0 Å². The minimum absolute atomic E-state index is 0.160. The molecule has 2 aliphatic heterocycles. The molecule has 0 bridgehead atoms. The molecule has 0 aliphatic carbocycles. The van der Waals surface area contributed by atoms with Crippen LogP contribution < -0.4 is 0 Å². The molecule has 2 fully saturated rings. The predicted molar refractivity (Wildman–Crippen MR) is 84.7 cm³/mol. The Bertz CT molecular complexity index is 470. The van der Waals surface area contributed by atoms with Gasteiger partial charge in [0.15, 0.2) is 0 Å². The van der Waals surface area contributed by atoms with Gasteiger partial charge in [-0.15, -0.1) is 0 Å². The van der Waals surface area contributed by atoms with E-state index in [2.05, 4.69) is 24.3 Å². The lowest BCUT2D eigenvalue weighted by Crippen LogP contribution is -2.38. The monoisotopic (exact) mass is 303 g/mol. The Labute approximate surface area is 132 Å². The summed E-state index contributed by atoms with van der Waals surface area (Å²) in [6, 6.07) is 10.5. The number of hydrogen-bond acceptors (Lipinski definition) is 3. The van der Waals surface area contributed by atoms with Gasteiger partial charge < -0.3 is 14.4 Å². The van der Waals surface area contributed by atoms with Crippen molar-refractivity contribution in [2.75, 3.05) is 26.3 Å². The van der Waals surface area contributed by atoms with Crippen LogP contribution in [-0.2, 0) is 20.7 Å². The Morgan fingerprint density at radius 3 is 2.91 bits per heavy atom. The van der Waals surface area contributed by atoms with Crippen molar-refractivity contribution >= 4 is 5.91 Å². The molecule has 4 nitrogen and oxygen atoms in total. The van der Waals surface area contributed by atoms with Gasteiger partial charge in [-0.05, 0) is 37.7 Å². The van der Waals surface area contributed by atoms with Crippen LogP contribution in [0.2, 0.25) is 0 Å². The van der Waals surface area contributed by atoms with Crippen LogP contribution in [0.25, 0.3) is 0 Å². The normalized spacial score (nSPS) is 24.8. The van der Waals surface area contributed by atoms with Gasteiger partial charge >= 0.3 is 0 Å². The lowest BCUT2D eigenvalue weighted by Gasteiger charge is -2.20. The standard InChI is InChI=1S/C18H25NO3/c20-18(17-9-5-13-22-17)19-11-10-16(14-19)21-12-4-8-15-6-2-1-3-7-15/h1-3,6-7,16-17H,4-5,8-14H2/t16-,17-/m1/s1. The maximum Gasteiger partial charge on any atom is 0.251 e. The molecule has 0 radical (unpaired) electrons. The number of carbonyl (C=O) groups is 1. The van der Waals surface area contributed by atoms with Crippen molar-refractivity contribution in [3.05, 3.63) is 35.9 Å². The van der Waals surface area contributed by atoms with Crippen molar-refractivity contribution in [1.29, 1.82) is 0 Å². The minimum atomic E-state index is -0.197. The van der Waals surface area contributed by atoms with Crippen LogP contribution in [0.3, 0.4) is 0 Å². The van der Waals surface area contributed by atoms with Crippen molar-refractivity contribution in [1.82, 2.24) is 4.90 Å². The zero-order valence-corrected chi connectivity index (χ0v) is 13.1. The van der Waals surface area contributed by atoms with Gasteiger partial charge in [-0.2, -0.15) is 0 Å². The summed E-state index contributed by atoms with van der Waals surface area (Å²) in [5, 5.41) is 0. The molecule has 22 heavy (non-hydrogen) atoms. The summed E-state index contributed by atoms with van der Waals surface area (Å²) >= 11 is 0. The highest BCUT2D eigenvalue weighted by Crippen LogP contribution is 2.19. The number of amides is 1. The second-order valence-electron chi connectivity index (χ2n) is 6.16. The number of ether oxygens (including phenoxy) is 2. The molecule has 0 N–H and O–H groups in total. The predicted octanol–water partition coefficient (Wildman–Crippen LogP) is 2.42. The van der Waals surface area contributed by atoms with Gasteiger partial charge in [-0.3, -0.25) is 4.79 Å². The maximum absolute atomic E-state index is 12.3. The van der Waals surface area contributed by atoms with Crippen molar-refractivity contribution in [3.8, 4) is 0 Å². The molecule has 2 heterocycles. The van der Waals surface area contributed by atoms with Gasteiger partial charge in [0.05, 0.1) is 6.10 Å². The molecule has 2 saturated heterocycles. The molecule has 4 heteroatoms. The number of hydrogen-bond donors (Lipinski definition) is 0. The molecule has 0 aromatic heterocycles. The zero-order chi connectivity index (χ0) is 15.2. The molecule has 1 amide bonds. The fraction of sp³-hybridized carbons (Fsp3) is 0.611. The Morgan fingerprint density at radius 2 is 2.14 bits per heavy atom. The number of carbonyl (C=O) groups excluding carboxylic acids is 1. The molecule has 0 saturated carbocycles. The molecule has 0 spiro atoms. The molecule has 2 aliphatic rings. The molecule has 2 atom stereocenters. The van der Waals surface area contributed by atoms with Gasteiger partial charge in [0.1, 0.15) is 6.10 Å². The molecule has 1 aromatic carbocycles. The van der Waals surface area contributed by atoms with E-state index >= 15 is 0 Å². The van der Waals surface area contributed by atoms with Crippen molar-refractivity contribution in [2.24, 2.45) is 0 Å². The smallest absolute Gasteiger partial charge is 0.251 e. The summed E-state index contributed by atoms with van der Waals surface area (Å²) < 4.78 is 11.4. The van der Waals surface area contributed by atoms with Crippen LogP contribution in [0.15, 0.2) is 30.3 Å². The van der Waals surface area contributed by atoms with Gasteiger partial charge in [-0.1, -0.05) is 30.3 Å². The van der Waals surface area contributed by atoms with E-state index in [-0.39, 0.29) is 18.1 Å². The number of benzene rings is 1.